The number of halogens is 6. The number of benzene rings is 1. The molecule has 1 aromatic carbocycles. The van der Waals surface area contributed by atoms with E-state index in [1.807, 2.05) is 13.8 Å². The fourth-order valence-electron chi connectivity index (χ4n) is 2.50. The first-order chi connectivity index (χ1) is 12.3. The van der Waals surface area contributed by atoms with Crippen LogP contribution < -0.4 is 10.1 Å². The Hall–Kier alpha value is -1.77. The Labute approximate surface area is 154 Å². The molecular weight excluding hydrogens is 376 g/mol. The second-order valence-corrected chi connectivity index (χ2v) is 6.63. The number of alkyl halides is 6. The third-order valence-corrected chi connectivity index (χ3v) is 3.84. The van der Waals surface area contributed by atoms with E-state index in [0.717, 1.165) is 0 Å². The molecule has 0 spiro atoms. The van der Waals surface area contributed by atoms with Gasteiger partial charge in [-0.3, -0.25) is 4.79 Å². The summed E-state index contributed by atoms with van der Waals surface area (Å²) in [5.74, 6) is -0.305. The molecule has 1 atom stereocenters. The lowest BCUT2D eigenvalue weighted by atomic mass is 9.98. The third kappa shape index (κ3) is 7.78. The number of carbonyl (C=O) groups is 1. The second kappa shape index (κ2) is 9.43. The van der Waals surface area contributed by atoms with Crippen LogP contribution in [0.3, 0.4) is 0 Å². The van der Waals surface area contributed by atoms with E-state index in [4.69, 9.17) is 4.74 Å². The molecule has 27 heavy (non-hydrogen) atoms. The first kappa shape index (κ1) is 23.3. The highest BCUT2D eigenvalue weighted by molar-refractivity contribution is 5.83. The molecule has 0 unspecified atom stereocenters. The van der Waals surface area contributed by atoms with Gasteiger partial charge >= 0.3 is 12.4 Å². The molecule has 0 aliphatic heterocycles. The number of ketones is 1. The first-order valence-electron chi connectivity index (χ1n) is 8.46. The van der Waals surface area contributed by atoms with Gasteiger partial charge in [-0.25, -0.2) is 0 Å². The Morgan fingerprint density at radius 3 is 1.96 bits per heavy atom. The van der Waals surface area contributed by atoms with Crippen LogP contribution in [-0.4, -0.2) is 25.5 Å². The highest BCUT2D eigenvalue weighted by Gasteiger charge is 2.37. The van der Waals surface area contributed by atoms with Crippen molar-refractivity contribution in [3.8, 4) is 5.75 Å². The van der Waals surface area contributed by atoms with Gasteiger partial charge in [0.1, 0.15) is 11.5 Å². The summed E-state index contributed by atoms with van der Waals surface area (Å²) in [5, 5.41) is 2.90. The molecule has 1 aromatic rings. The lowest BCUT2D eigenvalue weighted by molar-refractivity contribution is -0.143. The van der Waals surface area contributed by atoms with Gasteiger partial charge in [0.25, 0.3) is 0 Å². The average molecular weight is 399 g/mol. The van der Waals surface area contributed by atoms with Crippen LogP contribution in [0.25, 0.3) is 0 Å². The van der Waals surface area contributed by atoms with Crippen molar-refractivity contribution in [3.05, 3.63) is 29.3 Å². The highest BCUT2D eigenvalue weighted by atomic mass is 19.4. The van der Waals surface area contributed by atoms with Gasteiger partial charge < -0.3 is 10.1 Å². The summed E-state index contributed by atoms with van der Waals surface area (Å²) in [6.07, 6.45) is -8.91. The Kier molecular flexibility index (Phi) is 8.13. The molecule has 0 saturated carbocycles. The molecule has 0 aliphatic carbocycles. The summed E-state index contributed by atoms with van der Waals surface area (Å²) < 4.78 is 81.8. The Morgan fingerprint density at radius 2 is 1.56 bits per heavy atom. The maximum atomic E-state index is 12.8. The standard InChI is InChI=1S/C18H23F6NO2/c1-11(2)7-15(25-3)16(26)5-4-6-27-14-9-12(17(19,20)21)8-13(10-14)18(22,23)24/h8-11,15,25H,4-7H2,1-3H3/t15-/m1/s1. The minimum Gasteiger partial charge on any atom is -0.494 e. The summed E-state index contributed by atoms with van der Waals surface area (Å²) in [6.45, 7) is 3.77. The smallest absolute Gasteiger partial charge is 0.416 e. The summed E-state index contributed by atoms with van der Waals surface area (Å²) in [5.41, 5.74) is -2.87. The van der Waals surface area contributed by atoms with Gasteiger partial charge in [0.2, 0.25) is 0 Å². The number of hydrogen-bond donors (Lipinski definition) is 1. The van der Waals surface area contributed by atoms with E-state index in [2.05, 4.69) is 5.32 Å². The van der Waals surface area contributed by atoms with E-state index >= 15 is 0 Å². The third-order valence-electron chi connectivity index (χ3n) is 3.84. The molecule has 0 radical (unpaired) electrons. The van der Waals surface area contributed by atoms with Crippen LogP contribution in [0.4, 0.5) is 26.3 Å². The van der Waals surface area contributed by atoms with Crippen LogP contribution in [0, 0.1) is 5.92 Å². The zero-order chi connectivity index (χ0) is 20.8. The van der Waals surface area contributed by atoms with Crippen molar-refractivity contribution in [2.75, 3.05) is 13.7 Å². The molecule has 1 rings (SSSR count). The van der Waals surface area contributed by atoms with Crippen LogP contribution in [0.15, 0.2) is 18.2 Å². The monoisotopic (exact) mass is 399 g/mol. The minimum absolute atomic E-state index is 0.0415. The quantitative estimate of drug-likeness (QED) is 0.465. The number of hydrogen-bond acceptors (Lipinski definition) is 3. The van der Waals surface area contributed by atoms with E-state index in [-0.39, 0.29) is 37.3 Å². The van der Waals surface area contributed by atoms with E-state index in [9.17, 15) is 31.1 Å². The highest BCUT2D eigenvalue weighted by Crippen LogP contribution is 2.38. The van der Waals surface area contributed by atoms with Gasteiger partial charge in [-0.05, 0) is 44.0 Å². The molecule has 0 saturated heterocycles. The van der Waals surface area contributed by atoms with E-state index < -0.39 is 29.2 Å². The van der Waals surface area contributed by atoms with Gasteiger partial charge in [-0.1, -0.05) is 13.8 Å². The molecule has 3 nitrogen and oxygen atoms in total. The van der Waals surface area contributed by atoms with E-state index in [1.165, 1.54) is 0 Å². The molecule has 0 heterocycles. The van der Waals surface area contributed by atoms with Gasteiger partial charge in [0.15, 0.2) is 0 Å². The summed E-state index contributed by atoms with van der Waals surface area (Å²) in [7, 11) is 1.66. The number of Topliss-reactive ketones (excluding diaryl/α,β-unsaturated/α-hetero) is 1. The van der Waals surface area contributed by atoms with Crippen LogP contribution in [0.1, 0.15) is 44.2 Å². The summed E-state index contributed by atoms with van der Waals surface area (Å²) in [4.78, 5) is 12.1. The molecule has 0 bridgehead atoms. The van der Waals surface area contributed by atoms with Crippen molar-refractivity contribution in [1.82, 2.24) is 5.32 Å². The van der Waals surface area contributed by atoms with E-state index in [0.29, 0.717) is 24.5 Å². The lowest BCUT2D eigenvalue weighted by Gasteiger charge is -2.17. The van der Waals surface area contributed by atoms with Crippen LogP contribution >= 0.6 is 0 Å². The Bertz CT molecular complexity index is 593. The predicted octanol–water partition coefficient (Wildman–Crippen LogP) is 5.09. The van der Waals surface area contributed by atoms with E-state index in [1.54, 1.807) is 7.05 Å². The van der Waals surface area contributed by atoms with Gasteiger partial charge in [-0.2, -0.15) is 26.3 Å². The van der Waals surface area contributed by atoms with Gasteiger partial charge in [0.05, 0.1) is 23.8 Å². The summed E-state index contributed by atoms with van der Waals surface area (Å²) in [6, 6.07) is 0.744. The number of ether oxygens (including phenoxy) is 1. The number of nitrogens with one attached hydrogen (secondary N) is 1. The molecule has 9 heteroatoms. The summed E-state index contributed by atoms with van der Waals surface area (Å²) >= 11 is 0. The predicted molar refractivity (Wildman–Crippen MR) is 88.5 cm³/mol. The van der Waals surface area contributed by atoms with Crippen LogP contribution in [0.5, 0.6) is 5.75 Å². The zero-order valence-corrected chi connectivity index (χ0v) is 15.3. The van der Waals surface area contributed by atoms with Crippen molar-refractivity contribution < 1.29 is 35.9 Å². The molecule has 154 valence electrons. The maximum absolute atomic E-state index is 12.8. The fraction of sp³-hybridized carbons (Fsp3) is 0.611. The minimum atomic E-state index is -4.92. The average Bonchev–Trinajstić information content (AvgIpc) is 2.54. The zero-order valence-electron chi connectivity index (χ0n) is 15.3. The Morgan fingerprint density at radius 1 is 1.04 bits per heavy atom. The molecule has 1 N–H and O–H groups in total. The number of likely N-dealkylation sites (N-methyl/N-ethyl adjacent to an activating group) is 1. The number of rotatable bonds is 9. The topological polar surface area (TPSA) is 38.3 Å². The van der Waals surface area contributed by atoms with Gasteiger partial charge in [0, 0.05) is 6.42 Å². The lowest BCUT2D eigenvalue weighted by Crippen LogP contribution is -2.35. The molecule has 0 aromatic heterocycles. The molecule has 0 fully saturated rings. The number of carbonyl (C=O) groups excluding carboxylic acids is 1. The normalized spacial score (nSPS) is 13.7. The van der Waals surface area contributed by atoms with Crippen molar-refractivity contribution in [2.45, 2.75) is 51.5 Å². The van der Waals surface area contributed by atoms with Crippen molar-refractivity contribution in [1.29, 1.82) is 0 Å². The van der Waals surface area contributed by atoms with Crippen LogP contribution in [0.2, 0.25) is 0 Å². The fourth-order valence-corrected chi connectivity index (χ4v) is 2.50. The largest absolute Gasteiger partial charge is 0.494 e. The first-order valence-corrected chi connectivity index (χ1v) is 8.46. The van der Waals surface area contributed by atoms with Crippen molar-refractivity contribution >= 4 is 5.78 Å². The Balaban J connectivity index is 2.73. The SMILES string of the molecule is CN[C@H](CC(C)C)C(=O)CCCOc1cc(C(F)(F)F)cc(C(F)(F)F)c1. The maximum Gasteiger partial charge on any atom is 0.416 e. The van der Waals surface area contributed by atoms with Crippen molar-refractivity contribution in [3.63, 3.8) is 0 Å². The van der Waals surface area contributed by atoms with Crippen molar-refractivity contribution in [2.24, 2.45) is 5.92 Å². The molecule has 0 amide bonds. The van der Waals surface area contributed by atoms with Crippen LogP contribution in [-0.2, 0) is 17.1 Å². The second-order valence-electron chi connectivity index (χ2n) is 6.63. The van der Waals surface area contributed by atoms with Gasteiger partial charge in [-0.15, -0.1) is 0 Å². The molecule has 0 aliphatic rings. The molecular formula is C18H23F6NO2.